The van der Waals surface area contributed by atoms with Crippen LogP contribution in [-0.2, 0) is 27.8 Å². The minimum atomic E-state index is -3.30. The van der Waals surface area contributed by atoms with Gasteiger partial charge in [0, 0.05) is 26.0 Å². The minimum Gasteiger partial charge on any atom is -0.376 e. The summed E-state index contributed by atoms with van der Waals surface area (Å²) in [5, 5.41) is 0. The summed E-state index contributed by atoms with van der Waals surface area (Å²) < 4.78 is 42.4. The molecule has 0 aliphatic carbocycles. The molecule has 0 aromatic carbocycles. The van der Waals surface area contributed by atoms with Gasteiger partial charge in [-0.2, -0.15) is 0 Å². The van der Waals surface area contributed by atoms with Gasteiger partial charge in [-0.3, -0.25) is 18.9 Å². The van der Waals surface area contributed by atoms with E-state index in [4.69, 9.17) is 23.3 Å². The molecule has 0 saturated carbocycles. The Morgan fingerprint density at radius 1 is 1.17 bits per heavy atom. The third kappa shape index (κ3) is 5.25. The molecule has 29 heavy (non-hydrogen) atoms. The van der Waals surface area contributed by atoms with Gasteiger partial charge in [-0.25, -0.2) is 4.79 Å². The van der Waals surface area contributed by atoms with Crippen LogP contribution >= 0.6 is 7.60 Å². The summed E-state index contributed by atoms with van der Waals surface area (Å²) in [5.74, 6) is -0.286. The summed E-state index contributed by atoms with van der Waals surface area (Å²) in [4.78, 5) is 26.3. The Labute approximate surface area is 170 Å². The lowest BCUT2D eigenvalue weighted by Gasteiger charge is -2.27. The Morgan fingerprint density at radius 2 is 1.76 bits per heavy atom. The molecule has 2 heterocycles. The average Bonchev–Trinajstić information content (AvgIpc) is 3.03. The molecule has 0 amide bonds. The molecule has 1 aromatic heterocycles. The number of methoxy groups -OCH3 is 2. The third-order valence-corrected chi connectivity index (χ3v) is 7.24. The van der Waals surface area contributed by atoms with E-state index in [9.17, 15) is 14.2 Å². The normalized spacial score (nSPS) is 26.0. The Hall–Kier alpha value is -1.29. The first-order valence-corrected chi connectivity index (χ1v) is 11.3. The van der Waals surface area contributed by atoms with Crippen molar-refractivity contribution in [1.82, 2.24) is 9.55 Å². The molecule has 0 radical (unpaired) electrons. The maximum Gasteiger partial charge on any atom is 0.331 e. The Balaban J connectivity index is 2.34. The second-order valence-corrected chi connectivity index (χ2v) is 9.08. The van der Waals surface area contributed by atoms with E-state index in [1.165, 1.54) is 25.0 Å². The van der Waals surface area contributed by atoms with Gasteiger partial charge in [0.2, 0.25) is 0 Å². The largest absolute Gasteiger partial charge is 0.376 e. The van der Waals surface area contributed by atoms with Crippen LogP contribution in [0.25, 0.3) is 0 Å². The van der Waals surface area contributed by atoms with Crippen molar-refractivity contribution in [2.75, 3.05) is 33.6 Å². The average molecular weight is 434 g/mol. The van der Waals surface area contributed by atoms with E-state index < -0.39 is 43.4 Å². The number of ether oxygens (including phenoxy) is 3. The van der Waals surface area contributed by atoms with Crippen molar-refractivity contribution in [1.29, 1.82) is 0 Å². The predicted octanol–water partition coefficient (Wildman–Crippen LogP) is 1.67. The Bertz CT molecular complexity index is 828. The van der Waals surface area contributed by atoms with E-state index in [1.807, 2.05) is 6.92 Å². The van der Waals surface area contributed by atoms with Gasteiger partial charge in [0.1, 0.15) is 12.2 Å². The zero-order valence-electron chi connectivity index (χ0n) is 17.7. The van der Waals surface area contributed by atoms with E-state index in [2.05, 4.69) is 4.98 Å². The van der Waals surface area contributed by atoms with Gasteiger partial charge in [-0.1, -0.05) is 6.92 Å². The molecule has 2 unspecified atom stereocenters. The van der Waals surface area contributed by atoms with Crippen molar-refractivity contribution in [3.8, 4) is 0 Å². The molecule has 1 aliphatic heterocycles. The molecule has 11 heteroatoms. The summed E-state index contributed by atoms with van der Waals surface area (Å²) >= 11 is 0. The molecule has 1 aromatic rings. The molecular formula is C18H31N2O8P. The summed E-state index contributed by atoms with van der Waals surface area (Å²) in [6.45, 7) is 7.49. The van der Waals surface area contributed by atoms with Crippen molar-refractivity contribution in [2.24, 2.45) is 5.92 Å². The van der Waals surface area contributed by atoms with Crippen LogP contribution in [0, 0.1) is 12.8 Å². The highest BCUT2D eigenvalue weighted by Crippen LogP contribution is 2.51. The highest BCUT2D eigenvalue weighted by Gasteiger charge is 2.50. The molecule has 5 atom stereocenters. The number of nitrogens with zero attached hydrogens (tertiary/aromatic N) is 1. The van der Waals surface area contributed by atoms with Crippen molar-refractivity contribution in [3.63, 3.8) is 0 Å². The minimum absolute atomic E-state index is 0.127. The lowest BCUT2D eigenvalue weighted by molar-refractivity contribution is -0.0619. The van der Waals surface area contributed by atoms with E-state index in [-0.39, 0.29) is 25.3 Å². The molecule has 166 valence electrons. The molecule has 1 fully saturated rings. The van der Waals surface area contributed by atoms with Crippen molar-refractivity contribution >= 4 is 7.60 Å². The van der Waals surface area contributed by atoms with Crippen LogP contribution in [0.4, 0.5) is 0 Å². The zero-order chi connectivity index (χ0) is 21.8. The third-order valence-electron chi connectivity index (χ3n) is 4.91. The van der Waals surface area contributed by atoms with Gasteiger partial charge in [0.05, 0.1) is 25.5 Å². The maximum absolute atomic E-state index is 12.9. The van der Waals surface area contributed by atoms with Crippen LogP contribution in [0.1, 0.15) is 32.6 Å². The van der Waals surface area contributed by atoms with Crippen molar-refractivity contribution < 1.29 is 27.8 Å². The van der Waals surface area contributed by atoms with Crippen LogP contribution in [0.15, 0.2) is 15.8 Å². The van der Waals surface area contributed by atoms with E-state index in [0.29, 0.717) is 5.56 Å². The van der Waals surface area contributed by atoms with Gasteiger partial charge in [0.15, 0.2) is 6.23 Å². The standard InChI is InChI=1S/C18H31N2O8P/c1-7-26-29(23,27-8-2)10-12(4)13-14(24-5)15(25-6)17(28-13)20-9-11(3)16(21)19-18(20)22/h9,12-15,17H,7-8,10H2,1-6H3,(H,19,21,22)/t12-,13?,14-,15-,17?/m1/s1. The molecule has 1 N–H and O–H groups in total. The molecule has 1 saturated heterocycles. The quantitative estimate of drug-likeness (QED) is 0.553. The molecule has 10 nitrogen and oxygen atoms in total. The lowest BCUT2D eigenvalue weighted by Crippen LogP contribution is -2.40. The number of aryl methyl sites for hydroxylation is 1. The smallest absolute Gasteiger partial charge is 0.331 e. The summed E-state index contributed by atoms with van der Waals surface area (Å²) in [6.07, 6.45) is -0.947. The lowest BCUT2D eigenvalue weighted by atomic mass is 10.00. The second kappa shape index (κ2) is 10.1. The van der Waals surface area contributed by atoms with Crippen LogP contribution < -0.4 is 11.2 Å². The number of nitrogens with one attached hydrogen (secondary N) is 1. The van der Waals surface area contributed by atoms with Gasteiger partial charge in [-0.15, -0.1) is 0 Å². The fraction of sp³-hybridized carbons (Fsp3) is 0.778. The summed E-state index contributed by atoms with van der Waals surface area (Å²) in [6, 6.07) is 0. The Morgan fingerprint density at radius 3 is 2.28 bits per heavy atom. The highest BCUT2D eigenvalue weighted by molar-refractivity contribution is 7.53. The number of rotatable bonds is 10. The van der Waals surface area contributed by atoms with E-state index in [1.54, 1.807) is 20.8 Å². The second-order valence-electron chi connectivity index (χ2n) is 6.98. The maximum atomic E-state index is 12.9. The first-order chi connectivity index (χ1) is 13.7. The Kier molecular flexibility index (Phi) is 8.39. The van der Waals surface area contributed by atoms with Crippen LogP contribution in [0.3, 0.4) is 0 Å². The van der Waals surface area contributed by atoms with Gasteiger partial charge in [-0.05, 0) is 26.7 Å². The number of H-pyrrole nitrogens is 1. The first-order valence-electron chi connectivity index (χ1n) is 9.62. The van der Waals surface area contributed by atoms with Crippen LogP contribution in [-0.4, -0.2) is 61.5 Å². The molecule has 0 spiro atoms. The highest BCUT2D eigenvalue weighted by atomic mass is 31.2. The molecule has 0 bridgehead atoms. The van der Waals surface area contributed by atoms with Gasteiger partial charge >= 0.3 is 13.3 Å². The number of aromatic amines is 1. The van der Waals surface area contributed by atoms with Gasteiger partial charge < -0.3 is 23.3 Å². The topological polar surface area (TPSA) is 118 Å². The van der Waals surface area contributed by atoms with E-state index >= 15 is 0 Å². The first kappa shape index (κ1) is 24.0. The fourth-order valence-corrected chi connectivity index (χ4v) is 5.62. The van der Waals surface area contributed by atoms with Crippen molar-refractivity contribution in [3.05, 3.63) is 32.6 Å². The van der Waals surface area contributed by atoms with Crippen molar-refractivity contribution in [2.45, 2.75) is 52.2 Å². The van der Waals surface area contributed by atoms with Crippen LogP contribution in [0.2, 0.25) is 0 Å². The number of hydrogen-bond donors (Lipinski definition) is 1. The molecule has 1 aliphatic rings. The molecular weight excluding hydrogens is 403 g/mol. The zero-order valence-corrected chi connectivity index (χ0v) is 18.6. The fourth-order valence-electron chi connectivity index (χ4n) is 3.63. The number of hydrogen-bond acceptors (Lipinski definition) is 8. The van der Waals surface area contributed by atoms with Crippen LogP contribution in [0.5, 0.6) is 0 Å². The summed E-state index contributed by atoms with van der Waals surface area (Å²) in [5.41, 5.74) is -0.698. The van der Waals surface area contributed by atoms with Gasteiger partial charge in [0.25, 0.3) is 5.56 Å². The number of aromatic nitrogens is 2. The summed E-state index contributed by atoms with van der Waals surface area (Å²) in [7, 11) is -0.285. The SMILES string of the molecule is CCOP(=O)(C[C@@H](C)C1OC(n2cc(C)c(=O)[nH]c2=O)[C@H](OC)[C@@H]1OC)OCC. The predicted molar refractivity (Wildman–Crippen MR) is 106 cm³/mol. The molecule has 2 rings (SSSR count). The van der Waals surface area contributed by atoms with E-state index in [0.717, 1.165) is 0 Å². The monoisotopic (exact) mass is 434 g/mol.